The number of aliphatic hydroxyl groups is 1. The van der Waals surface area contributed by atoms with Gasteiger partial charge in [0, 0.05) is 5.56 Å². The minimum atomic E-state index is -0.485. The largest absolute Gasteiger partial charge is 0.392 e. The van der Waals surface area contributed by atoms with Crippen LogP contribution in [0.1, 0.15) is 37.0 Å². The zero-order valence-corrected chi connectivity index (χ0v) is 10.5. The van der Waals surface area contributed by atoms with Crippen molar-refractivity contribution >= 4 is 5.78 Å². The zero-order valence-electron chi connectivity index (χ0n) is 10.5. The van der Waals surface area contributed by atoms with Gasteiger partial charge in [0.15, 0.2) is 5.78 Å². The van der Waals surface area contributed by atoms with Gasteiger partial charge in [-0.15, -0.1) is 0 Å². The van der Waals surface area contributed by atoms with Crippen molar-refractivity contribution in [1.82, 2.24) is 0 Å². The van der Waals surface area contributed by atoms with Crippen molar-refractivity contribution in [2.24, 2.45) is 17.8 Å². The van der Waals surface area contributed by atoms with Gasteiger partial charge in [0.25, 0.3) is 0 Å². The lowest BCUT2D eigenvalue weighted by Gasteiger charge is -2.35. The van der Waals surface area contributed by atoms with Gasteiger partial charge in [0.2, 0.25) is 0 Å². The molecule has 4 atom stereocenters. The molecule has 0 amide bonds. The van der Waals surface area contributed by atoms with Crippen molar-refractivity contribution in [2.75, 3.05) is 0 Å². The summed E-state index contributed by atoms with van der Waals surface area (Å²) in [5.74, 6) is 0.646. The van der Waals surface area contributed by atoms with Gasteiger partial charge in [0.05, 0.1) is 12.0 Å². The fourth-order valence-corrected chi connectivity index (χ4v) is 3.04. The summed E-state index contributed by atoms with van der Waals surface area (Å²) >= 11 is 0. The summed E-state index contributed by atoms with van der Waals surface area (Å²) in [4.78, 5) is 12.4. The summed E-state index contributed by atoms with van der Waals surface area (Å²) in [6.07, 6.45) is 1.29. The molecule has 0 aromatic heterocycles. The smallest absolute Gasteiger partial charge is 0.168 e. The van der Waals surface area contributed by atoms with Crippen molar-refractivity contribution in [2.45, 2.75) is 32.8 Å². The monoisotopic (exact) mass is 232 g/mol. The number of carbonyl (C=O) groups is 1. The Labute approximate surface area is 103 Å². The predicted octanol–water partition coefficient (Wildman–Crippen LogP) is 2.91. The zero-order chi connectivity index (χ0) is 12.4. The molecule has 1 N–H and O–H groups in total. The van der Waals surface area contributed by atoms with Crippen molar-refractivity contribution in [1.29, 1.82) is 0 Å². The highest BCUT2D eigenvalue weighted by Gasteiger charge is 2.37. The van der Waals surface area contributed by atoms with Crippen molar-refractivity contribution < 1.29 is 9.90 Å². The van der Waals surface area contributed by atoms with Crippen LogP contribution in [0.4, 0.5) is 0 Å². The molecule has 17 heavy (non-hydrogen) atoms. The maximum absolute atomic E-state index is 12.4. The third-order valence-electron chi connectivity index (χ3n) is 3.81. The molecule has 0 aliphatic heterocycles. The van der Waals surface area contributed by atoms with Gasteiger partial charge in [0.1, 0.15) is 0 Å². The summed E-state index contributed by atoms with van der Waals surface area (Å²) < 4.78 is 0. The number of rotatable bonds is 2. The molecule has 0 unspecified atom stereocenters. The van der Waals surface area contributed by atoms with Gasteiger partial charge < -0.3 is 5.11 Å². The summed E-state index contributed by atoms with van der Waals surface area (Å²) in [5.41, 5.74) is 0.720. The molecule has 2 nitrogen and oxygen atoms in total. The van der Waals surface area contributed by atoms with Gasteiger partial charge in [-0.2, -0.15) is 0 Å². The molecule has 2 heteroatoms. The van der Waals surface area contributed by atoms with E-state index in [1.165, 1.54) is 0 Å². The van der Waals surface area contributed by atoms with Crippen LogP contribution >= 0.6 is 0 Å². The van der Waals surface area contributed by atoms with Crippen LogP contribution in [-0.4, -0.2) is 17.0 Å². The number of hydrogen-bond donors (Lipinski definition) is 1. The van der Waals surface area contributed by atoms with E-state index in [1.54, 1.807) is 0 Å². The molecule has 0 spiro atoms. The van der Waals surface area contributed by atoms with Gasteiger partial charge in [-0.1, -0.05) is 44.2 Å². The van der Waals surface area contributed by atoms with E-state index in [9.17, 15) is 9.90 Å². The topological polar surface area (TPSA) is 37.3 Å². The molecule has 92 valence electrons. The molecule has 1 aromatic carbocycles. The summed E-state index contributed by atoms with van der Waals surface area (Å²) in [7, 11) is 0. The lowest BCUT2D eigenvalue weighted by molar-refractivity contribution is 0.0190. The summed E-state index contributed by atoms with van der Waals surface area (Å²) in [6.45, 7) is 4.22. The van der Waals surface area contributed by atoms with Crippen LogP contribution in [0, 0.1) is 17.8 Å². The molecular formula is C15H20O2. The number of hydrogen-bond acceptors (Lipinski definition) is 2. The fourth-order valence-electron chi connectivity index (χ4n) is 3.04. The Bertz CT molecular complexity index is 373. The highest BCUT2D eigenvalue weighted by atomic mass is 16.3. The van der Waals surface area contributed by atoms with Gasteiger partial charge >= 0.3 is 0 Å². The summed E-state index contributed by atoms with van der Waals surface area (Å²) in [6, 6.07) is 9.31. The Morgan fingerprint density at radius 1 is 1.18 bits per heavy atom. The van der Waals surface area contributed by atoms with E-state index >= 15 is 0 Å². The molecule has 1 fully saturated rings. The Morgan fingerprint density at radius 3 is 2.41 bits per heavy atom. The first-order valence-electron chi connectivity index (χ1n) is 6.37. The van der Waals surface area contributed by atoms with Gasteiger partial charge in [-0.3, -0.25) is 4.79 Å². The van der Waals surface area contributed by atoms with Crippen molar-refractivity contribution in [3.8, 4) is 0 Å². The van der Waals surface area contributed by atoms with Crippen LogP contribution in [-0.2, 0) is 0 Å². The SMILES string of the molecule is C[C@@H]1C[C@H](C)[C@H](C(=O)c2ccccc2)[C@@H](O)C1. The Morgan fingerprint density at radius 2 is 1.82 bits per heavy atom. The minimum Gasteiger partial charge on any atom is -0.392 e. The molecule has 1 aliphatic carbocycles. The molecule has 0 bridgehead atoms. The Kier molecular flexibility index (Phi) is 3.63. The van der Waals surface area contributed by atoms with Gasteiger partial charge in [-0.05, 0) is 24.7 Å². The van der Waals surface area contributed by atoms with E-state index in [0.717, 1.165) is 18.4 Å². The van der Waals surface area contributed by atoms with Crippen molar-refractivity contribution in [3.63, 3.8) is 0 Å². The number of carbonyl (C=O) groups excluding carboxylic acids is 1. The number of benzene rings is 1. The standard InChI is InChI=1S/C15H20O2/c1-10-8-11(2)14(13(16)9-10)15(17)12-6-4-3-5-7-12/h3-7,10-11,13-14,16H,8-9H2,1-2H3/t10-,11+,13+,14+/m1/s1. The molecule has 1 saturated carbocycles. The molecule has 2 rings (SSSR count). The molecule has 0 radical (unpaired) electrons. The second-order valence-corrected chi connectivity index (χ2v) is 5.38. The third-order valence-corrected chi connectivity index (χ3v) is 3.81. The van der Waals surface area contributed by atoms with Crippen LogP contribution in [0.5, 0.6) is 0 Å². The van der Waals surface area contributed by atoms with E-state index < -0.39 is 6.10 Å². The molecule has 0 heterocycles. The Hall–Kier alpha value is -1.15. The molecule has 0 saturated heterocycles. The fraction of sp³-hybridized carbons (Fsp3) is 0.533. The van der Waals surface area contributed by atoms with Gasteiger partial charge in [-0.25, -0.2) is 0 Å². The van der Waals surface area contributed by atoms with E-state index in [4.69, 9.17) is 0 Å². The average molecular weight is 232 g/mol. The van der Waals surface area contributed by atoms with Crippen LogP contribution in [0.3, 0.4) is 0 Å². The normalized spacial score (nSPS) is 33.4. The first-order chi connectivity index (χ1) is 8.09. The third kappa shape index (κ3) is 2.58. The average Bonchev–Trinajstić information content (AvgIpc) is 2.28. The quantitative estimate of drug-likeness (QED) is 0.796. The second-order valence-electron chi connectivity index (χ2n) is 5.38. The Balaban J connectivity index is 2.19. The van der Waals surface area contributed by atoms with E-state index in [2.05, 4.69) is 13.8 Å². The van der Waals surface area contributed by atoms with E-state index in [-0.39, 0.29) is 17.6 Å². The highest BCUT2D eigenvalue weighted by molar-refractivity contribution is 5.98. The van der Waals surface area contributed by atoms with E-state index in [0.29, 0.717) is 5.92 Å². The number of aliphatic hydroxyl groups excluding tert-OH is 1. The molecule has 1 aromatic rings. The lowest BCUT2D eigenvalue weighted by atomic mass is 9.71. The number of ketones is 1. The predicted molar refractivity (Wildman–Crippen MR) is 67.8 cm³/mol. The lowest BCUT2D eigenvalue weighted by Crippen LogP contribution is -2.39. The summed E-state index contributed by atoms with van der Waals surface area (Å²) in [5, 5.41) is 10.1. The molecule has 1 aliphatic rings. The number of Topliss-reactive ketones (excluding diaryl/α,β-unsaturated/α-hetero) is 1. The van der Waals surface area contributed by atoms with Crippen LogP contribution < -0.4 is 0 Å². The maximum Gasteiger partial charge on any atom is 0.168 e. The first-order valence-corrected chi connectivity index (χ1v) is 6.37. The van der Waals surface area contributed by atoms with Crippen LogP contribution in [0.2, 0.25) is 0 Å². The van der Waals surface area contributed by atoms with Crippen LogP contribution in [0.15, 0.2) is 30.3 Å². The van der Waals surface area contributed by atoms with E-state index in [1.807, 2.05) is 30.3 Å². The minimum absolute atomic E-state index is 0.0949. The highest BCUT2D eigenvalue weighted by Crippen LogP contribution is 2.35. The van der Waals surface area contributed by atoms with Crippen molar-refractivity contribution in [3.05, 3.63) is 35.9 Å². The maximum atomic E-state index is 12.4. The molecular weight excluding hydrogens is 212 g/mol. The second kappa shape index (κ2) is 5.01. The first kappa shape index (κ1) is 12.3. The van der Waals surface area contributed by atoms with Crippen LogP contribution in [0.25, 0.3) is 0 Å².